The molecule has 1 atom stereocenters. The van der Waals surface area contributed by atoms with E-state index in [4.69, 9.17) is 10.5 Å². The number of nitrogens with two attached hydrogens (primary N) is 1. The summed E-state index contributed by atoms with van der Waals surface area (Å²) in [7, 11) is 1.64. The minimum Gasteiger partial charge on any atom is -0.496 e. The molecule has 1 unspecified atom stereocenters. The van der Waals surface area contributed by atoms with E-state index in [0.717, 1.165) is 56.5 Å². The summed E-state index contributed by atoms with van der Waals surface area (Å²) in [5.74, 6) is 1.03. The molecule has 2 amide bonds. The van der Waals surface area contributed by atoms with Crippen LogP contribution in [-0.2, 0) is 11.2 Å². The number of likely N-dealkylation sites (tertiary alicyclic amines) is 2. The number of hydrogen-bond donors (Lipinski definition) is 1. The SMILES string of the molecule is CCCN1CCC2(CCN(C(=O)c3ccc(OC)c(CCCN)c3)C2)C1=O. The number of ether oxygens (including phenoxy) is 1. The van der Waals surface area contributed by atoms with E-state index < -0.39 is 0 Å². The second-order valence-corrected chi connectivity index (χ2v) is 7.72. The number of benzene rings is 1. The Morgan fingerprint density at radius 2 is 2.07 bits per heavy atom. The van der Waals surface area contributed by atoms with Crippen LogP contribution < -0.4 is 10.5 Å². The molecular weight excluding hydrogens is 342 g/mol. The van der Waals surface area contributed by atoms with Gasteiger partial charge in [-0.25, -0.2) is 0 Å². The van der Waals surface area contributed by atoms with Crippen molar-refractivity contribution in [3.05, 3.63) is 29.3 Å². The molecule has 2 N–H and O–H groups in total. The van der Waals surface area contributed by atoms with Crippen molar-refractivity contribution in [3.63, 3.8) is 0 Å². The number of aryl methyl sites for hydroxylation is 1. The van der Waals surface area contributed by atoms with Gasteiger partial charge < -0.3 is 20.3 Å². The molecule has 3 rings (SSSR count). The number of methoxy groups -OCH3 is 1. The minimum atomic E-state index is -0.361. The van der Waals surface area contributed by atoms with Crippen LogP contribution in [-0.4, -0.2) is 61.4 Å². The Balaban J connectivity index is 1.73. The highest BCUT2D eigenvalue weighted by atomic mass is 16.5. The number of nitrogens with zero attached hydrogens (tertiary/aromatic N) is 2. The van der Waals surface area contributed by atoms with Crippen LogP contribution in [0.5, 0.6) is 5.75 Å². The normalized spacial score (nSPS) is 22.1. The third kappa shape index (κ3) is 3.81. The van der Waals surface area contributed by atoms with Gasteiger partial charge in [-0.3, -0.25) is 9.59 Å². The molecule has 2 heterocycles. The molecule has 1 aromatic carbocycles. The molecule has 0 bridgehead atoms. The van der Waals surface area contributed by atoms with E-state index in [2.05, 4.69) is 6.92 Å². The zero-order chi connectivity index (χ0) is 19.4. The van der Waals surface area contributed by atoms with Gasteiger partial charge in [0.2, 0.25) is 5.91 Å². The lowest BCUT2D eigenvalue weighted by Crippen LogP contribution is -2.38. The van der Waals surface area contributed by atoms with Crippen LogP contribution in [0, 0.1) is 5.41 Å². The standard InChI is InChI=1S/C21H31N3O3/c1-3-11-23-12-8-21(20(23)26)9-13-24(15-21)19(25)17-6-7-18(27-2)16(14-17)5-4-10-22/h6-7,14H,3-5,8-13,15,22H2,1-2H3. The quantitative estimate of drug-likeness (QED) is 0.794. The van der Waals surface area contributed by atoms with Crippen molar-refractivity contribution in [1.29, 1.82) is 0 Å². The van der Waals surface area contributed by atoms with Crippen LogP contribution >= 0.6 is 0 Å². The van der Waals surface area contributed by atoms with Crippen molar-refractivity contribution < 1.29 is 14.3 Å². The van der Waals surface area contributed by atoms with Gasteiger partial charge in [-0.15, -0.1) is 0 Å². The van der Waals surface area contributed by atoms with E-state index in [1.807, 2.05) is 28.0 Å². The smallest absolute Gasteiger partial charge is 0.253 e. The van der Waals surface area contributed by atoms with Gasteiger partial charge in [0.25, 0.3) is 5.91 Å². The van der Waals surface area contributed by atoms with Gasteiger partial charge in [0.15, 0.2) is 0 Å². The summed E-state index contributed by atoms with van der Waals surface area (Å²) in [4.78, 5) is 29.7. The Kier molecular flexibility index (Phi) is 6.05. The van der Waals surface area contributed by atoms with Crippen LogP contribution in [0.15, 0.2) is 18.2 Å². The number of carbonyl (C=O) groups excluding carboxylic acids is 2. The maximum atomic E-state index is 13.1. The minimum absolute atomic E-state index is 0.00488. The molecule has 0 saturated carbocycles. The summed E-state index contributed by atoms with van der Waals surface area (Å²) in [6, 6.07) is 5.59. The third-order valence-electron chi connectivity index (χ3n) is 5.91. The van der Waals surface area contributed by atoms with E-state index in [9.17, 15) is 9.59 Å². The lowest BCUT2D eigenvalue weighted by Gasteiger charge is -2.23. The van der Waals surface area contributed by atoms with Crippen molar-refractivity contribution in [2.24, 2.45) is 11.1 Å². The molecular formula is C21H31N3O3. The van der Waals surface area contributed by atoms with Crippen molar-refractivity contribution >= 4 is 11.8 Å². The first kappa shape index (κ1) is 19.7. The summed E-state index contributed by atoms with van der Waals surface area (Å²) < 4.78 is 5.41. The summed E-state index contributed by atoms with van der Waals surface area (Å²) in [5, 5.41) is 0. The van der Waals surface area contributed by atoms with E-state index in [0.29, 0.717) is 25.2 Å². The Morgan fingerprint density at radius 3 is 2.78 bits per heavy atom. The van der Waals surface area contributed by atoms with E-state index in [1.165, 1.54) is 0 Å². The molecule has 27 heavy (non-hydrogen) atoms. The Morgan fingerprint density at radius 1 is 1.30 bits per heavy atom. The monoisotopic (exact) mass is 373 g/mol. The maximum absolute atomic E-state index is 13.1. The Hall–Kier alpha value is -2.08. The largest absolute Gasteiger partial charge is 0.496 e. The van der Waals surface area contributed by atoms with Crippen molar-refractivity contribution in [2.45, 2.75) is 39.0 Å². The number of amides is 2. The van der Waals surface area contributed by atoms with E-state index in [1.54, 1.807) is 7.11 Å². The van der Waals surface area contributed by atoms with Gasteiger partial charge in [0, 0.05) is 31.7 Å². The molecule has 6 heteroatoms. The zero-order valence-electron chi connectivity index (χ0n) is 16.5. The first-order valence-corrected chi connectivity index (χ1v) is 10.0. The average Bonchev–Trinajstić information content (AvgIpc) is 3.25. The fraction of sp³-hybridized carbons (Fsp3) is 0.619. The highest BCUT2D eigenvalue weighted by molar-refractivity contribution is 5.96. The third-order valence-corrected chi connectivity index (χ3v) is 5.91. The van der Waals surface area contributed by atoms with Gasteiger partial charge in [-0.05, 0) is 62.4 Å². The van der Waals surface area contributed by atoms with Crippen molar-refractivity contribution in [2.75, 3.05) is 39.8 Å². The Bertz CT molecular complexity index is 706. The lowest BCUT2D eigenvalue weighted by molar-refractivity contribution is -0.135. The topological polar surface area (TPSA) is 75.9 Å². The first-order chi connectivity index (χ1) is 13.0. The fourth-order valence-corrected chi connectivity index (χ4v) is 4.38. The summed E-state index contributed by atoms with van der Waals surface area (Å²) in [5.41, 5.74) is 6.93. The van der Waals surface area contributed by atoms with Crippen LogP contribution in [0.1, 0.15) is 48.5 Å². The predicted octanol–water partition coefficient (Wildman–Crippen LogP) is 2.06. The number of carbonyl (C=O) groups is 2. The highest BCUT2D eigenvalue weighted by Gasteiger charge is 2.51. The van der Waals surface area contributed by atoms with Crippen LogP contribution in [0.4, 0.5) is 0 Å². The highest BCUT2D eigenvalue weighted by Crippen LogP contribution is 2.41. The van der Waals surface area contributed by atoms with Gasteiger partial charge in [-0.2, -0.15) is 0 Å². The van der Waals surface area contributed by atoms with Gasteiger partial charge in [-0.1, -0.05) is 6.92 Å². The molecule has 1 spiro atoms. The van der Waals surface area contributed by atoms with Crippen molar-refractivity contribution in [3.8, 4) is 5.75 Å². The van der Waals surface area contributed by atoms with Crippen LogP contribution in [0.25, 0.3) is 0 Å². The molecule has 1 aromatic rings. The first-order valence-electron chi connectivity index (χ1n) is 10.0. The van der Waals surface area contributed by atoms with E-state index >= 15 is 0 Å². The lowest BCUT2D eigenvalue weighted by atomic mass is 9.85. The van der Waals surface area contributed by atoms with Gasteiger partial charge in [0.05, 0.1) is 12.5 Å². The molecule has 0 aromatic heterocycles. The average molecular weight is 373 g/mol. The van der Waals surface area contributed by atoms with Crippen LogP contribution in [0.2, 0.25) is 0 Å². The predicted molar refractivity (Wildman–Crippen MR) is 105 cm³/mol. The zero-order valence-corrected chi connectivity index (χ0v) is 16.5. The second kappa shape index (κ2) is 8.30. The molecule has 148 valence electrons. The van der Waals surface area contributed by atoms with Crippen LogP contribution in [0.3, 0.4) is 0 Å². The molecule has 6 nitrogen and oxygen atoms in total. The fourth-order valence-electron chi connectivity index (χ4n) is 4.38. The van der Waals surface area contributed by atoms with E-state index in [-0.39, 0.29) is 17.2 Å². The molecule has 2 aliphatic heterocycles. The molecule has 0 aliphatic carbocycles. The summed E-state index contributed by atoms with van der Waals surface area (Å²) in [6.07, 6.45) is 4.24. The second-order valence-electron chi connectivity index (χ2n) is 7.72. The van der Waals surface area contributed by atoms with Gasteiger partial charge in [0.1, 0.15) is 5.75 Å². The van der Waals surface area contributed by atoms with Gasteiger partial charge >= 0.3 is 0 Å². The molecule has 0 radical (unpaired) electrons. The van der Waals surface area contributed by atoms with Crippen molar-refractivity contribution in [1.82, 2.24) is 9.80 Å². The molecule has 2 saturated heterocycles. The summed E-state index contributed by atoms with van der Waals surface area (Å²) in [6.45, 7) is 5.52. The summed E-state index contributed by atoms with van der Waals surface area (Å²) >= 11 is 0. The Labute approximate surface area is 161 Å². The molecule has 2 aliphatic rings. The number of hydrogen-bond acceptors (Lipinski definition) is 4. The molecule has 2 fully saturated rings. The number of rotatable bonds is 7. The maximum Gasteiger partial charge on any atom is 0.253 e.